The van der Waals surface area contributed by atoms with E-state index in [1.165, 1.54) is 0 Å². The van der Waals surface area contributed by atoms with Crippen LogP contribution in [-0.2, 0) is 25.3 Å². The lowest BCUT2D eigenvalue weighted by Gasteiger charge is -2.07. The number of benzene rings is 1. The molecule has 1 amide bonds. The van der Waals surface area contributed by atoms with Gasteiger partial charge in [-0.3, -0.25) is 4.79 Å². The number of hydrogen-bond donors (Lipinski definition) is 3. The minimum absolute atomic E-state index is 0.180. The second kappa shape index (κ2) is 7.95. The molecular formula is C12H19N3O4S. The zero-order valence-electron chi connectivity index (χ0n) is 11.3. The lowest BCUT2D eigenvalue weighted by molar-refractivity contribution is -0.115. The highest BCUT2D eigenvalue weighted by molar-refractivity contribution is 7.88. The molecule has 1 aromatic rings. The largest absolute Gasteiger partial charge is 0.383 e. The van der Waals surface area contributed by atoms with E-state index in [9.17, 15) is 13.2 Å². The molecule has 4 N–H and O–H groups in total. The monoisotopic (exact) mass is 301 g/mol. The highest BCUT2D eigenvalue weighted by Crippen LogP contribution is 2.10. The summed E-state index contributed by atoms with van der Waals surface area (Å²) in [5.74, 6) is -0.403. The highest BCUT2D eigenvalue weighted by Gasteiger charge is 2.06. The second-order valence-electron chi connectivity index (χ2n) is 4.22. The zero-order valence-corrected chi connectivity index (χ0v) is 12.1. The van der Waals surface area contributed by atoms with Crippen LogP contribution in [0.15, 0.2) is 24.3 Å². The molecule has 7 nitrogen and oxygen atoms in total. The van der Waals surface area contributed by atoms with Crippen molar-refractivity contribution in [3.05, 3.63) is 29.8 Å². The molecule has 112 valence electrons. The lowest BCUT2D eigenvalue weighted by atomic mass is 10.2. The maximum atomic E-state index is 11.6. The van der Waals surface area contributed by atoms with Crippen LogP contribution in [0, 0.1) is 0 Å². The summed E-state index contributed by atoms with van der Waals surface area (Å²) in [5.41, 5.74) is 1.17. The van der Waals surface area contributed by atoms with Crippen molar-refractivity contribution in [3.8, 4) is 0 Å². The summed E-state index contributed by atoms with van der Waals surface area (Å²) >= 11 is 0. The molecule has 0 unspecified atom stereocenters. The van der Waals surface area contributed by atoms with Crippen molar-refractivity contribution in [2.75, 3.05) is 32.1 Å². The number of nitrogens with two attached hydrogens (primary N) is 1. The van der Waals surface area contributed by atoms with Gasteiger partial charge in [0.25, 0.3) is 0 Å². The van der Waals surface area contributed by atoms with Crippen molar-refractivity contribution in [2.45, 2.75) is 5.75 Å². The Labute approximate surface area is 118 Å². The van der Waals surface area contributed by atoms with Crippen LogP contribution >= 0.6 is 0 Å². The number of anilines is 1. The first-order valence-corrected chi connectivity index (χ1v) is 7.71. The zero-order chi connectivity index (χ0) is 15.0. The quantitative estimate of drug-likeness (QED) is 0.568. The molecular weight excluding hydrogens is 282 g/mol. The Morgan fingerprint density at radius 2 is 1.95 bits per heavy atom. The van der Waals surface area contributed by atoms with Crippen molar-refractivity contribution in [3.63, 3.8) is 0 Å². The Hall–Kier alpha value is -1.48. The number of nitrogens with one attached hydrogen (secondary N) is 2. The maximum Gasteiger partial charge on any atom is 0.238 e. The van der Waals surface area contributed by atoms with Crippen molar-refractivity contribution >= 4 is 21.6 Å². The van der Waals surface area contributed by atoms with E-state index in [1.54, 1.807) is 31.4 Å². The van der Waals surface area contributed by atoms with E-state index in [1.807, 2.05) is 0 Å². The first kappa shape index (κ1) is 16.6. The predicted octanol–water partition coefficient (Wildman–Crippen LogP) is -0.350. The van der Waals surface area contributed by atoms with Gasteiger partial charge in [-0.05, 0) is 17.7 Å². The number of sulfonamides is 1. The van der Waals surface area contributed by atoms with E-state index in [0.29, 0.717) is 24.4 Å². The van der Waals surface area contributed by atoms with E-state index in [2.05, 4.69) is 10.6 Å². The van der Waals surface area contributed by atoms with Crippen LogP contribution in [0.1, 0.15) is 5.56 Å². The first-order valence-electron chi connectivity index (χ1n) is 5.99. The van der Waals surface area contributed by atoms with Gasteiger partial charge < -0.3 is 15.4 Å². The molecule has 0 atom stereocenters. The molecule has 0 aliphatic rings. The molecule has 0 bridgehead atoms. The van der Waals surface area contributed by atoms with Crippen LogP contribution in [0.3, 0.4) is 0 Å². The molecule has 0 radical (unpaired) electrons. The van der Waals surface area contributed by atoms with E-state index >= 15 is 0 Å². The number of carbonyl (C=O) groups excluding carboxylic acids is 1. The van der Waals surface area contributed by atoms with Crippen LogP contribution in [0.4, 0.5) is 5.69 Å². The first-order chi connectivity index (χ1) is 9.40. The van der Waals surface area contributed by atoms with E-state index in [0.717, 1.165) is 0 Å². The smallest absolute Gasteiger partial charge is 0.238 e. The lowest BCUT2D eigenvalue weighted by Crippen LogP contribution is -2.30. The number of carbonyl (C=O) groups is 1. The van der Waals surface area contributed by atoms with Gasteiger partial charge in [-0.1, -0.05) is 12.1 Å². The summed E-state index contributed by atoms with van der Waals surface area (Å²) in [6, 6.07) is 6.48. The van der Waals surface area contributed by atoms with Gasteiger partial charge in [-0.15, -0.1) is 0 Å². The molecule has 8 heteroatoms. The van der Waals surface area contributed by atoms with Crippen LogP contribution in [0.5, 0.6) is 0 Å². The van der Waals surface area contributed by atoms with Crippen LogP contribution in [-0.4, -0.2) is 41.1 Å². The Morgan fingerprint density at radius 1 is 1.30 bits per heavy atom. The number of primary sulfonamides is 1. The highest BCUT2D eigenvalue weighted by atomic mass is 32.2. The van der Waals surface area contributed by atoms with Crippen molar-refractivity contribution in [1.29, 1.82) is 0 Å². The Morgan fingerprint density at radius 3 is 2.50 bits per heavy atom. The molecule has 0 aliphatic carbocycles. The van der Waals surface area contributed by atoms with E-state index < -0.39 is 10.0 Å². The Balaban J connectivity index is 2.43. The summed E-state index contributed by atoms with van der Waals surface area (Å²) in [5, 5.41) is 10.6. The van der Waals surface area contributed by atoms with E-state index in [-0.39, 0.29) is 18.2 Å². The molecule has 20 heavy (non-hydrogen) atoms. The third kappa shape index (κ3) is 7.19. The van der Waals surface area contributed by atoms with Gasteiger partial charge in [-0.25, -0.2) is 13.6 Å². The van der Waals surface area contributed by atoms with Crippen molar-refractivity contribution in [1.82, 2.24) is 5.32 Å². The number of methoxy groups -OCH3 is 1. The molecule has 0 aliphatic heterocycles. The van der Waals surface area contributed by atoms with Crippen LogP contribution in [0.2, 0.25) is 0 Å². The van der Waals surface area contributed by atoms with Crippen molar-refractivity contribution in [2.24, 2.45) is 5.14 Å². The van der Waals surface area contributed by atoms with Gasteiger partial charge in [0.05, 0.1) is 18.9 Å². The van der Waals surface area contributed by atoms with Gasteiger partial charge in [0.1, 0.15) is 0 Å². The number of hydrogen-bond acceptors (Lipinski definition) is 5. The fraction of sp³-hybridized carbons (Fsp3) is 0.417. The fourth-order valence-electron chi connectivity index (χ4n) is 1.50. The number of amides is 1. The van der Waals surface area contributed by atoms with Gasteiger partial charge in [0.15, 0.2) is 0 Å². The van der Waals surface area contributed by atoms with Gasteiger partial charge in [0, 0.05) is 19.3 Å². The molecule has 0 heterocycles. The topological polar surface area (TPSA) is 111 Å². The average molecular weight is 301 g/mol. The molecule has 0 aromatic heterocycles. The predicted molar refractivity (Wildman–Crippen MR) is 76.6 cm³/mol. The second-order valence-corrected chi connectivity index (χ2v) is 5.84. The third-order valence-electron chi connectivity index (χ3n) is 2.37. The summed E-state index contributed by atoms with van der Waals surface area (Å²) < 4.78 is 26.7. The minimum Gasteiger partial charge on any atom is -0.383 e. The normalized spacial score (nSPS) is 11.3. The molecule has 0 spiro atoms. The summed E-state index contributed by atoms with van der Waals surface area (Å²) in [7, 11) is -1.95. The Kier molecular flexibility index (Phi) is 6.59. The molecule has 0 saturated heterocycles. The molecule has 0 saturated carbocycles. The molecule has 1 rings (SSSR count). The van der Waals surface area contributed by atoms with Crippen LogP contribution in [0.25, 0.3) is 0 Å². The summed E-state index contributed by atoms with van der Waals surface area (Å²) in [6.07, 6.45) is 0. The standard InChI is InChI=1S/C12H19N3O4S/c1-19-7-6-14-8-12(16)15-11-4-2-10(3-5-11)9-20(13,17)18/h2-5,14H,6-9H2,1H3,(H,15,16)(H2,13,17,18). The molecule has 1 aromatic carbocycles. The van der Waals surface area contributed by atoms with Crippen molar-refractivity contribution < 1.29 is 17.9 Å². The number of rotatable bonds is 8. The SMILES string of the molecule is COCCNCC(=O)Nc1ccc(CS(N)(=O)=O)cc1. The fourth-order valence-corrected chi connectivity index (χ4v) is 2.16. The summed E-state index contributed by atoms with van der Waals surface area (Å²) in [4.78, 5) is 11.6. The minimum atomic E-state index is -3.54. The average Bonchev–Trinajstić information content (AvgIpc) is 2.35. The van der Waals surface area contributed by atoms with Gasteiger partial charge in [0.2, 0.25) is 15.9 Å². The van der Waals surface area contributed by atoms with Crippen LogP contribution < -0.4 is 15.8 Å². The van der Waals surface area contributed by atoms with Gasteiger partial charge in [-0.2, -0.15) is 0 Å². The summed E-state index contributed by atoms with van der Waals surface area (Å²) in [6.45, 7) is 1.31. The van der Waals surface area contributed by atoms with Gasteiger partial charge >= 0.3 is 0 Å². The van der Waals surface area contributed by atoms with E-state index in [4.69, 9.17) is 9.88 Å². The molecule has 0 fully saturated rings. The third-order valence-corrected chi connectivity index (χ3v) is 3.11. The maximum absolute atomic E-state index is 11.6. The number of ether oxygens (including phenoxy) is 1. The Bertz CT molecular complexity index is 528.